The van der Waals surface area contributed by atoms with Crippen molar-refractivity contribution in [3.63, 3.8) is 0 Å². The molecule has 0 saturated heterocycles. The molecule has 7 nitrogen and oxygen atoms in total. The summed E-state index contributed by atoms with van der Waals surface area (Å²) in [6, 6.07) is 16.8. The molecule has 3 aromatic rings. The molecule has 0 radical (unpaired) electrons. The van der Waals surface area contributed by atoms with E-state index in [1.54, 1.807) is 25.6 Å². The molecular weight excluding hydrogens is 412 g/mol. The quantitative estimate of drug-likeness (QED) is 0.591. The first-order chi connectivity index (χ1) is 14.8. The zero-order valence-corrected chi connectivity index (χ0v) is 18.8. The van der Waals surface area contributed by atoms with Crippen LogP contribution in [0.3, 0.4) is 0 Å². The second kappa shape index (κ2) is 9.70. The van der Waals surface area contributed by atoms with E-state index in [4.69, 9.17) is 0 Å². The summed E-state index contributed by atoms with van der Waals surface area (Å²) < 4.78 is 3.22. The van der Waals surface area contributed by atoms with Crippen molar-refractivity contribution in [2.45, 2.75) is 26.0 Å². The number of benzene rings is 2. The smallest absolute Gasteiger partial charge is 0.295 e. The number of carbonyl (C=O) groups excluding carboxylic acids is 2. The number of thioether (sulfide) groups is 1. The highest BCUT2D eigenvalue weighted by Crippen LogP contribution is 2.18. The minimum atomic E-state index is -0.507. The number of aromatic nitrogens is 2. The van der Waals surface area contributed by atoms with Gasteiger partial charge in [0.1, 0.15) is 5.69 Å². The van der Waals surface area contributed by atoms with Gasteiger partial charge in [0.15, 0.2) is 0 Å². The zero-order valence-electron chi connectivity index (χ0n) is 18.0. The first-order valence-electron chi connectivity index (χ1n) is 9.91. The Hall–Kier alpha value is -3.26. The molecule has 1 unspecified atom stereocenters. The second-order valence-electron chi connectivity index (χ2n) is 7.30. The molecule has 3 rings (SSSR count). The third-order valence-electron chi connectivity index (χ3n) is 4.94. The molecule has 2 amide bonds. The summed E-state index contributed by atoms with van der Waals surface area (Å²) in [5, 5.41) is 5.06. The summed E-state index contributed by atoms with van der Waals surface area (Å²) in [6.07, 6.45) is 0. The lowest BCUT2D eigenvalue weighted by molar-refractivity contribution is -0.115. The van der Waals surface area contributed by atoms with Gasteiger partial charge in [0.2, 0.25) is 11.8 Å². The third-order valence-corrected chi connectivity index (χ3v) is 6.08. The molecule has 2 aromatic carbocycles. The van der Waals surface area contributed by atoms with E-state index in [0.29, 0.717) is 11.4 Å². The van der Waals surface area contributed by atoms with Crippen molar-refractivity contribution in [2.75, 3.05) is 16.4 Å². The highest BCUT2D eigenvalue weighted by Gasteiger charge is 2.21. The highest BCUT2D eigenvalue weighted by molar-refractivity contribution is 8.01. The second-order valence-corrected chi connectivity index (χ2v) is 8.63. The molecule has 0 saturated carbocycles. The Labute approximate surface area is 185 Å². The molecule has 1 heterocycles. The molecule has 0 aliphatic heterocycles. The molecule has 31 heavy (non-hydrogen) atoms. The summed E-state index contributed by atoms with van der Waals surface area (Å²) in [5.41, 5.74) is 3.09. The van der Waals surface area contributed by atoms with Gasteiger partial charge in [-0.3, -0.25) is 19.1 Å². The van der Waals surface area contributed by atoms with Crippen LogP contribution in [0, 0.1) is 13.8 Å². The average molecular weight is 439 g/mol. The topological polar surface area (TPSA) is 85.1 Å². The number of hydrogen-bond donors (Lipinski definition) is 2. The van der Waals surface area contributed by atoms with Crippen LogP contribution in [0.1, 0.15) is 18.2 Å². The lowest BCUT2D eigenvalue weighted by Gasteiger charge is -2.11. The summed E-state index contributed by atoms with van der Waals surface area (Å²) in [5.74, 6) is -0.373. The van der Waals surface area contributed by atoms with Gasteiger partial charge in [0, 0.05) is 12.7 Å². The van der Waals surface area contributed by atoms with Crippen molar-refractivity contribution in [2.24, 2.45) is 7.05 Å². The molecular formula is C23H26N4O3S. The van der Waals surface area contributed by atoms with E-state index in [2.05, 4.69) is 10.6 Å². The van der Waals surface area contributed by atoms with Crippen LogP contribution in [0.15, 0.2) is 59.4 Å². The first-order valence-corrected chi connectivity index (χ1v) is 11.0. The Morgan fingerprint density at radius 3 is 2.42 bits per heavy atom. The number of hydrogen-bond acceptors (Lipinski definition) is 4. The predicted molar refractivity (Wildman–Crippen MR) is 126 cm³/mol. The van der Waals surface area contributed by atoms with Crippen molar-refractivity contribution >= 4 is 35.0 Å². The van der Waals surface area contributed by atoms with E-state index in [9.17, 15) is 14.4 Å². The van der Waals surface area contributed by atoms with Crippen molar-refractivity contribution in [1.82, 2.24) is 9.36 Å². The van der Waals surface area contributed by atoms with Crippen molar-refractivity contribution in [3.8, 4) is 5.69 Å². The standard InChI is InChI=1S/C23H26N4O3S/c1-15-9-8-10-18(13-15)24-20(28)14-31-17(3)22(29)25-21-16(2)26(4)27(23(21)30)19-11-6-5-7-12-19/h5-13,17H,14H2,1-4H3,(H,24,28)(H,25,29). The molecule has 0 spiro atoms. The lowest BCUT2D eigenvalue weighted by atomic mass is 10.2. The van der Waals surface area contributed by atoms with Gasteiger partial charge in [-0.15, -0.1) is 11.8 Å². The number of nitrogens with zero attached hydrogens (tertiary/aromatic N) is 2. The van der Waals surface area contributed by atoms with Gasteiger partial charge in [-0.1, -0.05) is 30.3 Å². The minimum Gasteiger partial charge on any atom is -0.325 e. The van der Waals surface area contributed by atoms with Crippen LogP contribution in [-0.4, -0.2) is 32.2 Å². The van der Waals surface area contributed by atoms with Gasteiger partial charge >= 0.3 is 0 Å². The normalized spacial score (nSPS) is 11.7. The van der Waals surface area contributed by atoms with E-state index in [1.807, 2.05) is 61.5 Å². The van der Waals surface area contributed by atoms with Crippen LogP contribution >= 0.6 is 11.8 Å². The summed E-state index contributed by atoms with van der Waals surface area (Å²) in [4.78, 5) is 37.8. The maximum absolute atomic E-state index is 12.9. The number of carbonyl (C=O) groups is 2. The predicted octanol–water partition coefficient (Wildman–Crippen LogP) is 3.49. The SMILES string of the molecule is Cc1cccc(NC(=O)CSC(C)C(=O)Nc2c(C)n(C)n(-c3ccccc3)c2=O)c1. The van der Waals surface area contributed by atoms with Crippen LogP contribution in [0.5, 0.6) is 0 Å². The average Bonchev–Trinajstić information content (AvgIpc) is 2.95. The maximum atomic E-state index is 12.9. The van der Waals surface area contributed by atoms with Crippen molar-refractivity contribution < 1.29 is 9.59 Å². The number of amides is 2. The van der Waals surface area contributed by atoms with E-state index in [-0.39, 0.29) is 28.8 Å². The maximum Gasteiger partial charge on any atom is 0.295 e. The van der Waals surface area contributed by atoms with E-state index in [1.165, 1.54) is 16.4 Å². The van der Waals surface area contributed by atoms with Gasteiger partial charge in [0.25, 0.3) is 5.56 Å². The van der Waals surface area contributed by atoms with Crippen molar-refractivity contribution in [1.29, 1.82) is 0 Å². The monoisotopic (exact) mass is 438 g/mol. The van der Waals surface area contributed by atoms with Crippen LogP contribution in [0.4, 0.5) is 11.4 Å². The molecule has 1 aromatic heterocycles. The summed E-state index contributed by atoms with van der Waals surface area (Å²) in [6.45, 7) is 5.45. The fourth-order valence-corrected chi connectivity index (χ4v) is 3.82. The molecule has 0 aliphatic rings. The minimum absolute atomic E-state index is 0.130. The van der Waals surface area contributed by atoms with Gasteiger partial charge in [-0.05, 0) is 50.6 Å². The molecule has 2 N–H and O–H groups in total. The fraction of sp³-hybridized carbons (Fsp3) is 0.261. The van der Waals surface area contributed by atoms with Crippen molar-refractivity contribution in [3.05, 3.63) is 76.2 Å². The number of anilines is 2. The third kappa shape index (κ3) is 5.27. The Morgan fingerprint density at radius 2 is 1.74 bits per heavy atom. The van der Waals surface area contributed by atoms with Crippen LogP contribution in [-0.2, 0) is 16.6 Å². The highest BCUT2D eigenvalue weighted by atomic mass is 32.2. The Kier molecular flexibility index (Phi) is 7.02. The zero-order chi connectivity index (χ0) is 22.5. The number of aryl methyl sites for hydroxylation is 1. The summed E-state index contributed by atoms with van der Waals surface area (Å²) >= 11 is 1.21. The molecule has 162 valence electrons. The molecule has 0 aliphatic carbocycles. The van der Waals surface area contributed by atoms with Gasteiger partial charge in [-0.25, -0.2) is 4.68 Å². The number of nitrogens with one attached hydrogen (secondary N) is 2. The van der Waals surface area contributed by atoms with Gasteiger partial charge in [-0.2, -0.15) is 0 Å². The molecule has 0 fully saturated rings. The van der Waals surface area contributed by atoms with Crippen LogP contribution < -0.4 is 16.2 Å². The number of rotatable bonds is 7. The molecule has 0 bridgehead atoms. The lowest BCUT2D eigenvalue weighted by Crippen LogP contribution is -2.28. The Bertz CT molecular complexity index is 1150. The largest absolute Gasteiger partial charge is 0.325 e. The first kappa shape index (κ1) is 22.4. The van der Waals surface area contributed by atoms with E-state index < -0.39 is 5.25 Å². The Morgan fingerprint density at radius 1 is 1.03 bits per heavy atom. The molecule has 8 heteroatoms. The van der Waals surface area contributed by atoms with E-state index >= 15 is 0 Å². The fourth-order valence-electron chi connectivity index (χ4n) is 3.13. The Balaban J connectivity index is 1.63. The number of para-hydroxylation sites is 1. The summed E-state index contributed by atoms with van der Waals surface area (Å²) in [7, 11) is 1.77. The van der Waals surface area contributed by atoms with Crippen LogP contribution in [0.25, 0.3) is 5.69 Å². The molecule has 1 atom stereocenters. The van der Waals surface area contributed by atoms with Gasteiger partial charge < -0.3 is 10.6 Å². The van der Waals surface area contributed by atoms with E-state index in [0.717, 1.165) is 11.3 Å². The van der Waals surface area contributed by atoms with Crippen LogP contribution in [0.2, 0.25) is 0 Å². The van der Waals surface area contributed by atoms with Gasteiger partial charge in [0.05, 0.1) is 22.4 Å².